The summed E-state index contributed by atoms with van der Waals surface area (Å²) in [6, 6.07) is 0. The SMILES string of the molecule is [2H]c1ncc(N)s1. The Bertz CT molecular complexity index is 145. The van der Waals surface area contributed by atoms with E-state index < -0.39 is 0 Å². The van der Waals surface area contributed by atoms with E-state index in [1.165, 1.54) is 17.5 Å². The first-order valence-electron chi connectivity index (χ1n) is 1.97. The second-order valence-electron chi connectivity index (χ2n) is 0.854. The summed E-state index contributed by atoms with van der Waals surface area (Å²) >= 11 is 1.18. The van der Waals surface area contributed by atoms with Crippen molar-refractivity contribution in [3.8, 4) is 0 Å². The number of aromatic nitrogens is 1. The molecule has 0 atom stereocenters. The van der Waals surface area contributed by atoms with E-state index in [1.54, 1.807) is 0 Å². The average molecular weight is 101 g/mol. The van der Waals surface area contributed by atoms with Gasteiger partial charge in [0.25, 0.3) is 0 Å². The molecule has 0 spiro atoms. The topological polar surface area (TPSA) is 38.9 Å². The van der Waals surface area contributed by atoms with E-state index in [-0.39, 0.29) is 5.49 Å². The van der Waals surface area contributed by atoms with Crippen LogP contribution in [0.2, 0.25) is 0 Å². The molecule has 0 aliphatic rings. The number of hydrogen-bond acceptors (Lipinski definition) is 3. The van der Waals surface area contributed by atoms with E-state index in [0.717, 1.165) is 0 Å². The first-order chi connectivity index (χ1) is 3.29. The molecular weight excluding hydrogens is 96.1 g/mol. The quantitative estimate of drug-likeness (QED) is 0.523. The highest BCUT2D eigenvalue weighted by Crippen LogP contribution is 2.04. The van der Waals surface area contributed by atoms with Gasteiger partial charge in [0.05, 0.1) is 13.1 Å². The van der Waals surface area contributed by atoms with Gasteiger partial charge in [-0.25, -0.2) is 0 Å². The largest absolute Gasteiger partial charge is 0.389 e. The van der Waals surface area contributed by atoms with E-state index >= 15 is 0 Å². The van der Waals surface area contributed by atoms with E-state index in [1.807, 2.05) is 0 Å². The van der Waals surface area contributed by atoms with Gasteiger partial charge in [0.15, 0.2) is 0 Å². The van der Waals surface area contributed by atoms with Crippen LogP contribution in [0.4, 0.5) is 5.00 Å². The Labute approximate surface area is 41.0 Å². The maximum atomic E-state index is 6.84. The van der Waals surface area contributed by atoms with Crippen molar-refractivity contribution in [2.45, 2.75) is 0 Å². The Kier molecular flexibility index (Phi) is 0.542. The molecule has 0 aliphatic carbocycles. The first kappa shape index (κ1) is 2.58. The predicted molar refractivity (Wildman–Crippen MR) is 26.5 cm³/mol. The molecule has 0 radical (unpaired) electrons. The molecule has 0 amide bonds. The third kappa shape index (κ3) is 0.490. The molecule has 0 fully saturated rings. The van der Waals surface area contributed by atoms with Crippen LogP contribution >= 0.6 is 11.3 Å². The minimum atomic E-state index is 0.275. The fourth-order valence-electron chi connectivity index (χ4n) is 0.195. The third-order valence-electron chi connectivity index (χ3n) is 0.408. The monoisotopic (exact) mass is 101 g/mol. The second kappa shape index (κ2) is 1.26. The van der Waals surface area contributed by atoms with Crippen molar-refractivity contribution in [3.05, 3.63) is 11.7 Å². The molecular formula is C3H4N2S. The molecule has 2 nitrogen and oxygen atoms in total. The molecule has 1 rings (SSSR count). The maximum absolute atomic E-state index is 6.84. The van der Waals surface area contributed by atoms with E-state index in [2.05, 4.69) is 4.98 Å². The smallest absolute Gasteiger partial charge is 0.106 e. The minimum Gasteiger partial charge on any atom is -0.389 e. The van der Waals surface area contributed by atoms with Gasteiger partial charge in [-0.05, 0) is 0 Å². The van der Waals surface area contributed by atoms with Gasteiger partial charge in [0, 0.05) is 0 Å². The first-order valence-corrected chi connectivity index (χ1v) is 2.28. The lowest BCUT2D eigenvalue weighted by atomic mass is 10.9. The van der Waals surface area contributed by atoms with E-state index in [9.17, 15) is 0 Å². The summed E-state index contributed by atoms with van der Waals surface area (Å²) in [5.41, 5.74) is 5.49. The van der Waals surface area contributed by atoms with Crippen LogP contribution in [0, 0.1) is 0 Å². The van der Waals surface area contributed by atoms with Crippen LogP contribution in [-0.4, -0.2) is 4.98 Å². The lowest BCUT2D eigenvalue weighted by molar-refractivity contribution is 1.43. The molecule has 2 N–H and O–H groups in total. The van der Waals surface area contributed by atoms with Crippen molar-refractivity contribution < 1.29 is 1.37 Å². The summed E-state index contributed by atoms with van der Waals surface area (Å²) in [5, 5.41) is 0.602. The fourth-order valence-corrected chi connectivity index (χ4v) is 0.512. The number of nitrogens with two attached hydrogens (primary N) is 1. The van der Waals surface area contributed by atoms with Gasteiger partial charge < -0.3 is 5.73 Å². The number of thiazole rings is 1. The molecule has 0 aliphatic heterocycles. The lowest BCUT2D eigenvalue weighted by Crippen LogP contribution is -1.73. The minimum absolute atomic E-state index is 0.275. The summed E-state index contributed by atoms with van der Waals surface area (Å²) in [6.45, 7) is 0. The molecule has 32 valence electrons. The number of nitrogen functional groups attached to an aromatic ring is 1. The Morgan fingerprint density at radius 3 is 3.17 bits per heavy atom. The molecule has 1 heterocycles. The standard InChI is InChI=1S/C3H4N2S/c4-3-1-5-2-6-3/h1-2H,4H2/i2D. The summed E-state index contributed by atoms with van der Waals surface area (Å²) in [5.74, 6) is 0. The summed E-state index contributed by atoms with van der Waals surface area (Å²) in [6.07, 6.45) is 1.48. The van der Waals surface area contributed by atoms with Crippen LogP contribution in [0.15, 0.2) is 11.7 Å². The zero-order valence-electron chi connectivity index (χ0n) is 4.01. The van der Waals surface area contributed by atoms with Crippen molar-refractivity contribution in [1.29, 1.82) is 0 Å². The van der Waals surface area contributed by atoms with E-state index in [4.69, 9.17) is 7.10 Å². The second-order valence-corrected chi connectivity index (χ2v) is 1.71. The van der Waals surface area contributed by atoms with Crippen LogP contribution in [-0.2, 0) is 0 Å². The lowest BCUT2D eigenvalue weighted by Gasteiger charge is -1.66. The zero-order valence-corrected chi connectivity index (χ0v) is 3.83. The van der Waals surface area contributed by atoms with Gasteiger partial charge in [0.1, 0.15) is 5.00 Å². The van der Waals surface area contributed by atoms with Gasteiger partial charge in [-0.2, -0.15) is 0 Å². The van der Waals surface area contributed by atoms with Crippen LogP contribution in [0.1, 0.15) is 1.37 Å². The third-order valence-corrected chi connectivity index (χ3v) is 0.946. The van der Waals surface area contributed by atoms with Gasteiger partial charge in [-0.3, -0.25) is 4.98 Å². The highest BCUT2D eigenvalue weighted by Gasteiger charge is 1.76. The Morgan fingerprint density at radius 2 is 3.00 bits per heavy atom. The van der Waals surface area contributed by atoms with Gasteiger partial charge >= 0.3 is 0 Å². The Balaban J connectivity index is 3.04. The van der Waals surface area contributed by atoms with Gasteiger partial charge in [-0.15, -0.1) is 11.3 Å². The average Bonchev–Trinajstić information content (AvgIpc) is 1.87. The summed E-state index contributed by atoms with van der Waals surface area (Å²) in [4.78, 5) is 3.58. The van der Waals surface area contributed by atoms with Crippen LogP contribution in [0.3, 0.4) is 0 Å². The van der Waals surface area contributed by atoms with Crippen molar-refractivity contribution >= 4 is 16.3 Å². The molecule has 6 heavy (non-hydrogen) atoms. The summed E-state index contributed by atoms with van der Waals surface area (Å²) in [7, 11) is 0. The molecule has 1 aromatic rings. The van der Waals surface area contributed by atoms with E-state index in [0.29, 0.717) is 5.00 Å². The Morgan fingerprint density at radius 1 is 2.17 bits per heavy atom. The van der Waals surface area contributed by atoms with Crippen molar-refractivity contribution in [2.24, 2.45) is 0 Å². The predicted octanol–water partition coefficient (Wildman–Crippen LogP) is 0.725. The maximum Gasteiger partial charge on any atom is 0.106 e. The van der Waals surface area contributed by atoms with Crippen LogP contribution < -0.4 is 5.73 Å². The van der Waals surface area contributed by atoms with Crippen molar-refractivity contribution in [3.63, 3.8) is 0 Å². The highest BCUT2D eigenvalue weighted by atomic mass is 32.1. The Hall–Kier alpha value is -0.570. The number of anilines is 1. The highest BCUT2D eigenvalue weighted by molar-refractivity contribution is 7.13. The normalized spacial score (nSPS) is 11.0. The molecule has 0 saturated heterocycles. The molecule has 0 aromatic carbocycles. The molecule has 0 saturated carbocycles. The van der Waals surface area contributed by atoms with Gasteiger partial charge in [-0.1, -0.05) is 0 Å². The molecule has 1 aromatic heterocycles. The number of nitrogens with zero attached hydrogens (tertiary/aromatic N) is 1. The fraction of sp³-hybridized carbons (Fsp3) is 0. The molecule has 0 unspecified atom stereocenters. The van der Waals surface area contributed by atoms with Crippen molar-refractivity contribution in [2.75, 3.05) is 5.73 Å². The summed E-state index contributed by atoms with van der Waals surface area (Å²) < 4.78 is 6.84. The number of rotatable bonds is 0. The van der Waals surface area contributed by atoms with Crippen molar-refractivity contribution in [1.82, 2.24) is 4.98 Å². The zero-order chi connectivity index (χ0) is 5.28. The van der Waals surface area contributed by atoms with Crippen LogP contribution in [0.25, 0.3) is 0 Å². The molecule has 3 heteroatoms. The molecule has 0 bridgehead atoms. The van der Waals surface area contributed by atoms with Crippen LogP contribution in [0.5, 0.6) is 0 Å². The van der Waals surface area contributed by atoms with Gasteiger partial charge in [0.2, 0.25) is 0 Å². The number of hydrogen-bond donors (Lipinski definition) is 1.